The number of hydrogen-bond donors (Lipinski definition) is 2. The number of rotatable bonds is 6. The van der Waals surface area contributed by atoms with Crippen LogP contribution in [0.25, 0.3) is 0 Å². The molecule has 22 heavy (non-hydrogen) atoms. The Labute approximate surface area is 139 Å². The van der Waals surface area contributed by atoms with E-state index < -0.39 is 0 Å². The summed E-state index contributed by atoms with van der Waals surface area (Å²) >= 11 is 0. The second-order valence-corrected chi connectivity index (χ2v) is 6.15. The van der Waals surface area contributed by atoms with E-state index in [9.17, 15) is 4.79 Å². The van der Waals surface area contributed by atoms with Crippen LogP contribution < -0.4 is 10.6 Å². The maximum atomic E-state index is 12.4. The molecule has 2 N–H and O–H groups in total. The molecular formula is C17H26ClN3O. The highest BCUT2D eigenvalue weighted by atomic mass is 35.5. The molecule has 4 nitrogen and oxygen atoms in total. The topological polar surface area (TPSA) is 44.4 Å². The second-order valence-electron chi connectivity index (χ2n) is 6.15. The van der Waals surface area contributed by atoms with Crippen molar-refractivity contribution < 1.29 is 4.79 Å². The smallest absolute Gasteiger partial charge is 0.230 e. The van der Waals surface area contributed by atoms with Crippen LogP contribution in [-0.2, 0) is 10.2 Å². The third-order valence-corrected chi connectivity index (χ3v) is 4.66. The van der Waals surface area contributed by atoms with Gasteiger partial charge in [0.05, 0.1) is 5.41 Å². The summed E-state index contributed by atoms with van der Waals surface area (Å²) in [5.41, 5.74) is 0.945. The van der Waals surface area contributed by atoms with Crippen LogP contribution in [0.1, 0.15) is 24.8 Å². The first kappa shape index (κ1) is 17.3. The van der Waals surface area contributed by atoms with Crippen LogP contribution in [0.5, 0.6) is 0 Å². The first-order valence-electron chi connectivity index (χ1n) is 8.08. The van der Waals surface area contributed by atoms with E-state index in [-0.39, 0.29) is 23.7 Å². The summed E-state index contributed by atoms with van der Waals surface area (Å²) in [6.07, 6.45) is 3.01. The van der Waals surface area contributed by atoms with Crippen molar-refractivity contribution in [3.63, 3.8) is 0 Å². The summed E-state index contributed by atoms with van der Waals surface area (Å²) in [4.78, 5) is 14.9. The SMILES string of the molecule is Cl.O=C(NCCCN1CCNCC1)C1(c2ccccc2)CC1. The Hall–Kier alpha value is -1.10. The number of piperazine rings is 1. The Morgan fingerprint density at radius 2 is 1.86 bits per heavy atom. The van der Waals surface area contributed by atoms with Crippen LogP contribution in [0.4, 0.5) is 0 Å². The average molecular weight is 324 g/mol. The van der Waals surface area contributed by atoms with Crippen molar-refractivity contribution in [2.75, 3.05) is 39.3 Å². The van der Waals surface area contributed by atoms with Crippen molar-refractivity contribution in [3.8, 4) is 0 Å². The van der Waals surface area contributed by atoms with Crippen LogP contribution in [-0.4, -0.2) is 50.1 Å². The van der Waals surface area contributed by atoms with E-state index in [4.69, 9.17) is 0 Å². The lowest BCUT2D eigenvalue weighted by molar-refractivity contribution is -0.123. The van der Waals surface area contributed by atoms with Gasteiger partial charge in [-0.1, -0.05) is 30.3 Å². The number of carbonyl (C=O) groups is 1. The number of benzene rings is 1. The molecule has 1 heterocycles. The van der Waals surface area contributed by atoms with Crippen molar-refractivity contribution in [2.24, 2.45) is 0 Å². The van der Waals surface area contributed by atoms with Crippen molar-refractivity contribution in [1.82, 2.24) is 15.5 Å². The van der Waals surface area contributed by atoms with E-state index in [1.165, 1.54) is 5.56 Å². The first-order valence-corrected chi connectivity index (χ1v) is 8.08. The third kappa shape index (κ3) is 4.00. The van der Waals surface area contributed by atoms with Crippen molar-refractivity contribution in [1.29, 1.82) is 0 Å². The van der Waals surface area contributed by atoms with Gasteiger partial charge in [0.15, 0.2) is 0 Å². The molecule has 2 aliphatic rings. The zero-order chi connectivity index (χ0) is 14.5. The summed E-state index contributed by atoms with van der Waals surface area (Å²) in [5.74, 6) is 0.217. The van der Waals surface area contributed by atoms with E-state index >= 15 is 0 Å². The van der Waals surface area contributed by atoms with E-state index in [0.717, 1.165) is 58.5 Å². The molecule has 1 saturated carbocycles. The quantitative estimate of drug-likeness (QED) is 0.781. The largest absolute Gasteiger partial charge is 0.355 e. The summed E-state index contributed by atoms with van der Waals surface area (Å²) in [6, 6.07) is 10.2. The normalized spacial score (nSPS) is 20.0. The molecule has 0 bridgehead atoms. The van der Waals surface area contributed by atoms with E-state index in [0.29, 0.717) is 0 Å². The molecule has 122 valence electrons. The van der Waals surface area contributed by atoms with Crippen LogP contribution in [0.15, 0.2) is 30.3 Å². The minimum Gasteiger partial charge on any atom is -0.355 e. The van der Waals surface area contributed by atoms with Crippen molar-refractivity contribution >= 4 is 18.3 Å². The summed E-state index contributed by atoms with van der Waals surface area (Å²) in [5, 5.41) is 6.50. The van der Waals surface area contributed by atoms with E-state index in [2.05, 4.69) is 27.7 Å². The maximum Gasteiger partial charge on any atom is 0.230 e. The Bertz CT molecular complexity index is 470. The molecule has 0 spiro atoms. The predicted octanol–water partition coefficient (Wildman–Crippen LogP) is 1.55. The van der Waals surface area contributed by atoms with Gasteiger partial charge in [-0.15, -0.1) is 12.4 Å². The van der Waals surface area contributed by atoms with Gasteiger partial charge in [0.25, 0.3) is 0 Å². The standard InChI is InChI=1S/C17H25N3O.ClH/c21-16(17(7-8-17)15-5-2-1-3-6-15)19-9-4-12-20-13-10-18-11-14-20;/h1-3,5-6,18H,4,7-14H2,(H,19,21);1H. The fourth-order valence-corrected chi connectivity index (χ4v) is 3.14. The number of nitrogens with one attached hydrogen (secondary N) is 2. The van der Waals surface area contributed by atoms with Crippen LogP contribution in [0.3, 0.4) is 0 Å². The molecule has 0 atom stereocenters. The van der Waals surface area contributed by atoms with Crippen molar-refractivity contribution in [3.05, 3.63) is 35.9 Å². The van der Waals surface area contributed by atoms with Gasteiger partial charge in [-0.05, 0) is 31.4 Å². The van der Waals surface area contributed by atoms with E-state index in [1.54, 1.807) is 0 Å². The Morgan fingerprint density at radius 1 is 1.18 bits per heavy atom. The predicted molar refractivity (Wildman–Crippen MR) is 91.5 cm³/mol. The molecule has 5 heteroatoms. The second kappa shape index (κ2) is 7.95. The summed E-state index contributed by atoms with van der Waals surface area (Å²) in [6.45, 7) is 6.30. The molecule has 1 aliphatic carbocycles. The lowest BCUT2D eigenvalue weighted by Crippen LogP contribution is -2.44. The Morgan fingerprint density at radius 3 is 2.50 bits per heavy atom. The first-order chi connectivity index (χ1) is 10.3. The van der Waals surface area contributed by atoms with Gasteiger partial charge in [-0.25, -0.2) is 0 Å². The molecule has 1 aliphatic heterocycles. The molecule has 1 aromatic carbocycles. The zero-order valence-corrected chi connectivity index (χ0v) is 13.8. The fourth-order valence-electron chi connectivity index (χ4n) is 3.14. The molecule has 2 fully saturated rings. The monoisotopic (exact) mass is 323 g/mol. The zero-order valence-electron chi connectivity index (χ0n) is 13.0. The molecule has 0 unspecified atom stereocenters. The molecule has 1 aromatic rings. The van der Waals surface area contributed by atoms with Gasteiger partial charge >= 0.3 is 0 Å². The third-order valence-electron chi connectivity index (χ3n) is 4.66. The highest BCUT2D eigenvalue weighted by molar-refractivity contribution is 5.91. The minimum atomic E-state index is -0.226. The van der Waals surface area contributed by atoms with Crippen LogP contribution >= 0.6 is 12.4 Å². The van der Waals surface area contributed by atoms with Gasteiger partial charge in [-0.2, -0.15) is 0 Å². The van der Waals surface area contributed by atoms with Gasteiger partial charge in [-0.3, -0.25) is 4.79 Å². The number of nitrogens with zero attached hydrogens (tertiary/aromatic N) is 1. The molecule has 0 aromatic heterocycles. The fraction of sp³-hybridized carbons (Fsp3) is 0.588. The average Bonchev–Trinajstić information content (AvgIpc) is 3.35. The highest BCUT2D eigenvalue weighted by Crippen LogP contribution is 2.48. The molecule has 3 rings (SSSR count). The Kier molecular flexibility index (Phi) is 6.24. The number of halogens is 1. The summed E-state index contributed by atoms with van der Waals surface area (Å²) in [7, 11) is 0. The van der Waals surface area contributed by atoms with E-state index in [1.807, 2.05) is 18.2 Å². The van der Waals surface area contributed by atoms with Crippen LogP contribution in [0.2, 0.25) is 0 Å². The molecular weight excluding hydrogens is 298 g/mol. The Balaban J connectivity index is 0.00000176. The van der Waals surface area contributed by atoms with Crippen molar-refractivity contribution in [2.45, 2.75) is 24.7 Å². The van der Waals surface area contributed by atoms with Crippen LogP contribution in [0, 0.1) is 0 Å². The number of hydrogen-bond acceptors (Lipinski definition) is 3. The lowest BCUT2D eigenvalue weighted by Gasteiger charge is -2.27. The molecule has 1 saturated heterocycles. The number of carbonyl (C=O) groups excluding carboxylic acids is 1. The highest BCUT2D eigenvalue weighted by Gasteiger charge is 2.50. The minimum absolute atomic E-state index is 0. The molecule has 0 radical (unpaired) electrons. The molecule has 1 amide bonds. The number of amides is 1. The lowest BCUT2D eigenvalue weighted by atomic mass is 9.95. The van der Waals surface area contributed by atoms with Gasteiger partial charge in [0.1, 0.15) is 0 Å². The van der Waals surface area contributed by atoms with Gasteiger partial charge in [0.2, 0.25) is 5.91 Å². The van der Waals surface area contributed by atoms with Gasteiger partial charge < -0.3 is 15.5 Å². The summed E-state index contributed by atoms with van der Waals surface area (Å²) < 4.78 is 0. The maximum absolute atomic E-state index is 12.4. The van der Waals surface area contributed by atoms with Gasteiger partial charge in [0, 0.05) is 32.7 Å².